The number of hydrogen-bond acceptors (Lipinski definition) is 6. The van der Waals surface area contributed by atoms with E-state index in [0.29, 0.717) is 0 Å². The Labute approximate surface area is 217 Å². The normalized spacial score (nSPS) is 31.4. The van der Waals surface area contributed by atoms with E-state index < -0.39 is 17.8 Å². The largest absolute Gasteiger partial charge is 0.468 e. The molecule has 0 aromatic heterocycles. The Hall–Kier alpha value is -2.24. The van der Waals surface area contributed by atoms with Crippen LogP contribution < -0.4 is 0 Å². The molecular formula is C30H46O6. The van der Waals surface area contributed by atoms with E-state index in [1.54, 1.807) is 6.92 Å². The molecule has 2 fully saturated rings. The zero-order chi connectivity index (χ0) is 27.4. The molecule has 2 aliphatic rings. The summed E-state index contributed by atoms with van der Waals surface area (Å²) in [5.41, 5.74) is 1.83. The molecule has 0 saturated heterocycles. The van der Waals surface area contributed by atoms with E-state index >= 15 is 0 Å². The molecule has 6 heteroatoms. The summed E-state index contributed by atoms with van der Waals surface area (Å²) in [6.45, 7) is 17.5. The van der Waals surface area contributed by atoms with E-state index in [0.717, 1.165) is 44.1 Å². The van der Waals surface area contributed by atoms with E-state index in [2.05, 4.69) is 40.3 Å². The number of carbonyl (C=O) groups is 4. The Kier molecular flexibility index (Phi) is 9.89. The lowest BCUT2D eigenvalue weighted by Gasteiger charge is -2.61. The van der Waals surface area contributed by atoms with Gasteiger partial charge in [-0.25, -0.2) is 0 Å². The van der Waals surface area contributed by atoms with Crippen molar-refractivity contribution in [3.8, 4) is 0 Å². The van der Waals surface area contributed by atoms with E-state index in [-0.39, 0.29) is 52.7 Å². The predicted octanol–water partition coefficient (Wildman–Crippen LogP) is 6.03. The number of rotatable bonds is 10. The van der Waals surface area contributed by atoms with Gasteiger partial charge in [-0.1, -0.05) is 37.6 Å². The van der Waals surface area contributed by atoms with E-state index in [1.807, 2.05) is 0 Å². The zero-order valence-electron chi connectivity index (χ0n) is 23.6. The van der Waals surface area contributed by atoms with Gasteiger partial charge in [-0.3, -0.25) is 19.2 Å². The molecule has 202 valence electrons. The van der Waals surface area contributed by atoms with E-state index in [4.69, 9.17) is 9.47 Å². The number of allylic oxidation sites excluding steroid dienone is 3. The quantitative estimate of drug-likeness (QED) is 0.206. The first kappa shape index (κ1) is 30.0. The van der Waals surface area contributed by atoms with E-state index in [9.17, 15) is 19.2 Å². The van der Waals surface area contributed by atoms with Crippen LogP contribution >= 0.6 is 0 Å². The number of ketones is 2. The van der Waals surface area contributed by atoms with Gasteiger partial charge >= 0.3 is 11.9 Å². The van der Waals surface area contributed by atoms with Crippen molar-refractivity contribution in [2.75, 3.05) is 7.11 Å². The average molecular weight is 503 g/mol. The Morgan fingerprint density at radius 2 is 1.75 bits per heavy atom. The van der Waals surface area contributed by atoms with Gasteiger partial charge in [-0.15, -0.1) is 0 Å². The van der Waals surface area contributed by atoms with Gasteiger partial charge < -0.3 is 9.47 Å². The van der Waals surface area contributed by atoms with Crippen molar-refractivity contribution in [3.05, 3.63) is 23.8 Å². The van der Waals surface area contributed by atoms with Crippen molar-refractivity contribution >= 4 is 23.5 Å². The summed E-state index contributed by atoms with van der Waals surface area (Å²) < 4.78 is 10.9. The van der Waals surface area contributed by atoms with Crippen LogP contribution in [-0.4, -0.2) is 36.7 Å². The van der Waals surface area contributed by atoms with Gasteiger partial charge in [-0.05, 0) is 89.9 Å². The number of hydrogen-bond donors (Lipinski definition) is 0. The van der Waals surface area contributed by atoms with Crippen molar-refractivity contribution in [1.82, 2.24) is 0 Å². The number of Topliss-reactive ketones (excluding diaryl/α,β-unsaturated/α-hetero) is 2. The number of methoxy groups -OCH3 is 1. The number of ether oxygens (including phenoxy) is 2. The Morgan fingerprint density at radius 1 is 1.11 bits per heavy atom. The van der Waals surface area contributed by atoms with Crippen molar-refractivity contribution in [3.63, 3.8) is 0 Å². The average Bonchev–Trinajstić information content (AvgIpc) is 2.79. The second kappa shape index (κ2) is 11.9. The molecule has 36 heavy (non-hydrogen) atoms. The molecule has 2 aliphatic carbocycles. The molecule has 0 heterocycles. The third kappa shape index (κ3) is 6.18. The number of esters is 2. The molecule has 2 saturated carbocycles. The summed E-state index contributed by atoms with van der Waals surface area (Å²) >= 11 is 0. The lowest BCUT2D eigenvalue weighted by atomic mass is 9.45. The lowest BCUT2D eigenvalue weighted by molar-refractivity contribution is -0.180. The van der Waals surface area contributed by atoms with Gasteiger partial charge in [-0.2, -0.15) is 0 Å². The fourth-order valence-corrected chi connectivity index (χ4v) is 7.02. The molecule has 0 amide bonds. The summed E-state index contributed by atoms with van der Waals surface area (Å²) in [5.74, 6) is -3.21. The molecule has 0 radical (unpaired) electrons. The number of fused-ring (bicyclic) bond motifs is 1. The van der Waals surface area contributed by atoms with Crippen molar-refractivity contribution in [2.45, 2.75) is 99.5 Å². The first-order valence-corrected chi connectivity index (χ1v) is 13.3. The summed E-state index contributed by atoms with van der Waals surface area (Å²) in [6, 6.07) is 0. The molecule has 7 atom stereocenters. The molecule has 2 rings (SSSR count). The number of carbonyl (C=O) groups excluding carboxylic acids is 4. The van der Waals surface area contributed by atoms with Gasteiger partial charge in [0, 0.05) is 12.3 Å². The van der Waals surface area contributed by atoms with Crippen LogP contribution in [0, 0.1) is 34.5 Å². The van der Waals surface area contributed by atoms with Crippen LogP contribution in [0.15, 0.2) is 23.8 Å². The molecule has 0 bridgehead atoms. The monoisotopic (exact) mass is 502 g/mol. The van der Waals surface area contributed by atoms with Crippen LogP contribution in [0.3, 0.4) is 0 Å². The highest BCUT2D eigenvalue weighted by molar-refractivity contribution is 6.09. The standard InChI is InChI=1S/C30H46O6/c1-18(2)11-10-15-30(8)25-13-12-19(3)24(29(25,7)16-14-26(30)36-22(6)32)17-23(28(34)35-9)27(33)20(4)21(5)31/h11,20,23-26H,3,10,12-17H2,1-2,4-9H3/t20?,23?,24-,25-,26+,29-,30+/m1/s1. The molecule has 2 unspecified atom stereocenters. The van der Waals surface area contributed by atoms with Crippen LogP contribution in [0.2, 0.25) is 0 Å². The molecule has 6 nitrogen and oxygen atoms in total. The highest BCUT2D eigenvalue weighted by Gasteiger charge is 2.59. The third-order valence-corrected chi connectivity index (χ3v) is 9.20. The molecule has 0 aromatic carbocycles. The minimum atomic E-state index is -1.01. The Balaban J connectivity index is 2.49. The topological polar surface area (TPSA) is 86.7 Å². The first-order chi connectivity index (χ1) is 16.7. The van der Waals surface area contributed by atoms with Crippen LogP contribution in [0.1, 0.15) is 93.4 Å². The lowest BCUT2D eigenvalue weighted by Crippen LogP contribution is -2.57. The highest BCUT2D eigenvalue weighted by Crippen LogP contribution is 2.64. The minimum Gasteiger partial charge on any atom is -0.468 e. The van der Waals surface area contributed by atoms with Gasteiger partial charge in [0.15, 0.2) is 5.78 Å². The molecular weight excluding hydrogens is 456 g/mol. The van der Waals surface area contributed by atoms with Gasteiger partial charge in [0.1, 0.15) is 17.8 Å². The predicted molar refractivity (Wildman–Crippen MR) is 140 cm³/mol. The molecule has 0 N–H and O–H groups in total. The Morgan fingerprint density at radius 3 is 2.28 bits per heavy atom. The molecule has 0 aliphatic heterocycles. The maximum Gasteiger partial charge on any atom is 0.316 e. The highest BCUT2D eigenvalue weighted by atomic mass is 16.5. The fourth-order valence-electron chi connectivity index (χ4n) is 7.02. The maximum atomic E-state index is 13.2. The van der Waals surface area contributed by atoms with Crippen LogP contribution in [0.5, 0.6) is 0 Å². The van der Waals surface area contributed by atoms with Crippen LogP contribution in [0.4, 0.5) is 0 Å². The zero-order valence-corrected chi connectivity index (χ0v) is 23.6. The Bertz CT molecular complexity index is 912. The van der Waals surface area contributed by atoms with Crippen molar-refractivity contribution < 1.29 is 28.7 Å². The van der Waals surface area contributed by atoms with Crippen molar-refractivity contribution in [1.29, 1.82) is 0 Å². The SMILES string of the molecule is C=C1CC[C@H]2[C@](C)(CCC=C(C)C)[C@@H](OC(C)=O)CC[C@]2(C)[C@@H]1CC(C(=O)OC)C(=O)C(C)C(C)=O. The summed E-state index contributed by atoms with van der Waals surface area (Å²) in [5, 5.41) is 0. The van der Waals surface area contributed by atoms with Crippen molar-refractivity contribution in [2.24, 2.45) is 34.5 Å². The molecule has 0 aromatic rings. The summed E-state index contributed by atoms with van der Waals surface area (Å²) in [6.07, 6.45) is 7.37. The second-order valence-electron chi connectivity index (χ2n) is 11.8. The third-order valence-electron chi connectivity index (χ3n) is 9.20. The summed E-state index contributed by atoms with van der Waals surface area (Å²) in [4.78, 5) is 50.0. The maximum absolute atomic E-state index is 13.2. The summed E-state index contributed by atoms with van der Waals surface area (Å²) in [7, 11) is 1.28. The fraction of sp³-hybridized carbons (Fsp3) is 0.733. The van der Waals surface area contributed by atoms with Gasteiger partial charge in [0.25, 0.3) is 0 Å². The van der Waals surface area contributed by atoms with Crippen LogP contribution in [-0.2, 0) is 28.7 Å². The second-order valence-corrected chi connectivity index (χ2v) is 11.8. The first-order valence-electron chi connectivity index (χ1n) is 13.3. The van der Waals surface area contributed by atoms with Gasteiger partial charge in [0.2, 0.25) is 0 Å². The smallest absolute Gasteiger partial charge is 0.316 e. The minimum absolute atomic E-state index is 0.0792. The van der Waals surface area contributed by atoms with Crippen LogP contribution in [0.25, 0.3) is 0 Å². The van der Waals surface area contributed by atoms with E-state index in [1.165, 1.54) is 26.5 Å². The van der Waals surface area contributed by atoms with Gasteiger partial charge in [0.05, 0.1) is 13.0 Å². The molecule has 0 spiro atoms.